The first-order chi connectivity index (χ1) is 17.5. The van der Waals surface area contributed by atoms with Crippen molar-refractivity contribution in [2.45, 2.75) is 18.8 Å². The van der Waals surface area contributed by atoms with E-state index in [9.17, 15) is 14.4 Å². The average molecular weight is 476 g/mol. The van der Waals surface area contributed by atoms with Gasteiger partial charge < -0.3 is 9.15 Å². The third kappa shape index (κ3) is 2.58. The largest absolute Gasteiger partial charge is 0.457 e. The van der Waals surface area contributed by atoms with E-state index >= 15 is 0 Å². The van der Waals surface area contributed by atoms with E-state index < -0.39 is 17.3 Å². The minimum Gasteiger partial charge on any atom is -0.457 e. The van der Waals surface area contributed by atoms with Crippen molar-refractivity contribution in [1.29, 1.82) is 0 Å². The third-order valence-corrected chi connectivity index (χ3v) is 8.04. The molecule has 1 fully saturated rings. The Balaban J connectivity index is 1.28. The van der Waals surface area contributed by atoms with Gasteiger partial charge in [-0.15, -0.1) is 0 Å². The van der Waals surface area contributed by atoms with Crippen LogP contribution in [-0.4, -0.2) is 17.8 Å². The van der Waals surface area contributed by atoms with Crippen LogP contribution < -0.4 is 9.64 Å². The molecule has 6 nitrogen and oxygen atoms in total. The number of furan rings is 1. The normalized spacial score (nSPS) is 25.4. The van der Waals surface area contributed by atoms with Gasteiger partial charge in [0.05, 0.1) is 23.3 Å². The number of hydrogen-bond donors (Lipinski definition) is 0. The summed E-state index contributed by atoms with van der Waals surface area (Å²) in [5.41, 5.74) is 4.09. The quantitative estimate of drug-likeness (QED) is 0.229. The molecule has 0 radical (unpaired) electrons. The summed E-state index contributed by atoms with van der Waals surface area (Å²) < 4.78 is 10.4. The average Bonchev–Trinajstić information content (AvgIpc) is 3.51. The lowest BCUT2D eigenvalue weighted by atomic mass is 9.48. The molecule has 1 aliphatic heterocycles. The van der Waals surface area contributed by atoms with Gasteiger partial charge >= 0.3 is 5.97 Å². The van der Waals surface area contributed by atoms with Crippen molar-refractivity contribution < 1.29 is 23.5 Å². The molecule has 0 N–H and O–H groups in total. The number of rotatable bonds is 3. The van der Waals surface area contributed by atoms with Crippen molar-refractivity contribution in [3.05, 3.63) is 119 Å². The van der Waals surface area contributed by atoms with Gasteiger partial charge in [0.1, 0.15) is 5.75 Å². The van der Waals surface area contributed by atoms with Crippen LogP contribution in [0.25, 0.3) is 0 Å². The lowest BCUT2D eigenvalue weighted by Crippen LogP contribution is -2.49. The molecule has 2 amide bonds. The summed E-state index contributed by atoms with van der Waals surface area (Å²) in [6.07, 6.45) is 1.40. The van der Waals surface area contributed by atoms with Crippen LogP contribution >= 0.6 is 0 Å². The summed E-state index contributed by atoms with van der Waals surface area (Å²) in [4.78, 5) is 41.6. The number of carbonyl (C=O) groups excluding carboxylic acids is 3. The maximum atomic E-state index is 14.1. The van der Waals surface area contributed by atoms with E-state index in [1.807, 2.05) is 31.2 Å². The van der Waals surface area contributed by atoms with Crippen LogP contribution in [0.15, 0.2) is 95.6 Å². The van der Waals surface area contributed by atoms with Crippen LogP contribution in [0.2, 0.25) is 0 Å². The standard InChI is InChI=1S/C30H21NO5/c1-30-25-21-9-4-2-7-19(21)24(20-8-3-5-10-22(20)25)26(30)27(32)31(29(30)34)17-12-14-18(15-13-17)36-28(33)23-11-6-16-35-23/h2-16,24-26H,1H3/t24?,25?,26-,30-/m1/s1. The zero-order valence-electron chi connectivity index (χ0n) is 19.4. The Morgan fingerprint density at radius 2 is 1.44 bits per heavy atom. The number of anilines is 1. The second kappa shape index (κ2) is 7.28. The summed E-state index contributed by atoms with van der Waals surface area (Å²) in [6, 6.07) is 25.9. The minimum atomic E-state index is -0.894. The van der Waals surface area contributed by atoms with Crippen LogP contribution in [0.3, 0.4) is 0 Å². The topological polar surface area (TPSA) is 76.8 Å². The molecular weight excluding hydrogens is 454 g/mol. The van der Waals surface area contributed by atoms with Crippen molar-refractivity contribution in [1.82, 2.24) is 0 Å². The Morgan fingerprint density at radius 3 is 2.03 bits per heavy atom. The smallest absolute Gasteiger partial charge is 0.379 e. The van der Waals surface area contributed by atoms with Crippen LogP contribution in [0.4, 0.5) is 5.69 Å². The summed E-state index contributed by atoms with van der Waals surface area (Å²) >= 11 is 0. The van der Waals surface area contributed by atoms with Crippen LogP contribution in [0.1, 0.15) is 51.6 Å². The molecule has 1 saturated heterocycles. The molecule has 0 unspecified atom stereocenters. The number of esters is 1. The van der Waals surface area contributed by atoms with Gasteiger partial charge in [0.2, 0.25) is 17.6 Å². The number of amides is 2. The van der Waals surface area contributed by atoms with Crippen molar-refractivity contribution in [2.24, 2.45) is 11.3 Å². The number of hydrogen-bond acceptors (Lipinski definition) is 5. The molecule has 2 bridgehead atoms. The summed E-state index contributed by atoms with van der Waals surface area (Å²) in [5, 5.41) is 0. The third-order valence-electron chi connectivity index (χ3n) is 8.04. The van der Waals surface area contributed by atoms with Crippen molar-refractivity contribution in [2.75, 3.05) is 4.90 Å². The van der Waals surface area contributed by atoms with Gasteiger partial charge in [-0.3, -0.25) is 9.59 Å². The van der Waals surface area contributed by atoms with Gasteiger partial charge in [-0.2, -0.15) is 0 Å². The molecule has 2 heterocycles. The minimum absolute atomic E-state index is 0.0931. The van der Waals surface area contributed by atoms with Gasteiger partial charge in [0.25, 0.3) is 0 Å². The highest BCUT2D eigenvalue weighted by atomic mass is 16.5. The molecule has 3 aromatic carbocycles. The zero-order chi connectivity index (χ0) is 24.6. The fourth-order valence-electron chi connectivity index (χ4n) is 6.58. The van der Waals surface area contributed by atoms with Gasteiger partial charge in [-0.25, -0.2) is 9.69 Å². The van der Waals surface area contributed by atoms with Crippen LogP contribution in [-0.2, 0) is 9.59 Å². The molecule has 8 rings (SSSR count). The van der Waals surface area contributed by atoms with E-state index in [0.717, 1.165) is 22.3 Å². The maximum Gasteiger partial charge on any atom is 0.379 e. The lowest BCUT2D eigenvalue weighted by Gasteiger charge is -2.51. The number of nitrogens with zero attached hydrogens (tertiary/aromatic N) is 1. The van der Waals surface area contributed by atoms with Crippen LogP contribution in [0, 0.1) is 11.3 Å². The predicted molar refractivity (Wildman–Crippen MR) is 131 cm³/mol. The molecular formula is C30H21NO5. The van der Waals surface area contributed by atoms with Gasteiger partial charge in [-0.05, 0) is 65.6 Å². The van der Waals surface area contributed by atoms with Crippen LogP contribution in [0.5, 0.6) is 5.75 Å². The molecule has 0 saturated carbocycles. The Kier molecular flexibility index (Phi) is 4.22. The van der Waals surface area contributed by atoms with Crippen molar-refractivity contribution in [3.8, 4) is 5.75 Å². The second-order valence-electron chi connectivity index (χ2n) is 9.77. The molecule has 6 heteroatoms. The molecule has 3 aliphatic carbocycles. The number of carbonyl (C=O) groups is 3. The predicted octanol–water partition coefficient (Wildman–Crippen LogP) is 5.29. The highest BCUT2D eigenvalue weighted by Crippen LogP contribution is 2.67. The fourth-order valence-corrected chi connectivity index (χ4v) is 6.58. The first kappa shape index (κ1) is 20.9. The monoisotopic (exact) mass is 475 g/mol. The van der Waals surface area contributed by atoms with E-state index in [2.05, 4.69) is 24.3 Å². The first-order valence-corrected chi connectivity index (χ1v) is 11.9. The summed E-state index contributed by atoms with van der Waals surface area (Å²) in [5.74, 6) is -1.49. The molecule has 1 aromatic heterocycles. The highest BCUT2D eigenvalue weighted by Gasteiger charge is 2.68. The van der Waals surface area contributed by atoms with Gasteiger partial charge in [0.15, 0.2) is 0 Å². The zero-order valence-corrected chi connectivity index (χ0v) is 19.4. The Morgan fingerprint density at radius 1 is 0.833 bits per heavy atom. The molecule has 176 valence electrons. The van der Waals surface area contributed by atoms with Gasteiger partial charge in [0, 0.05) is 11.8 Å². The van der Waals surface area contributed by atoms with E-state index in [-0.39, 0.29) is 29.4 Å². The SMILES string of the molecule is C[C@]12C(=O)N(c3ccc(OC(=O)c4ccco4)cc3)C(=O)[C@H]1C1c3ccccc3C2c2ccccc21. The van der Waals surface area contributed by atoms with Gasteiger partial charge in [-0.1, -0.05) is 48.5 Å². The first-order valence-electron chi connectivity index (χ1n) is 11.9. The van der Waals surface area contributed by atoms with E-state index in [1.165, 1.54) is 17.2 Å². The Hall–Kier alpha value is -4.45. The lowest BCUT2D eigenvalue weighted by molar-refractivity contribution is -0.128. The second-order valence-corrected chi connectivity index (χ2v) is 9.77. The fraction of sp³-hybridized carbons (Fsp3) is 0.167. The van der Waals surface area contributed by atoms with E-state index in [1.54, 1.807) is 30.3 Å². The van der Waals surface area contributed by atoms with Crippen molar-refractivity contribution in [3.63, 3.8) is 0 Å². The molecule has 4 aromatic rings. The maximum absolute atomic E-state index is 14.1. The number of ether oxygens (including phenoxy) is 1. The molecule has 4 aliphatic rings. The molecule has 0 spiro atoms. The number of imide groups is 1. The molecule has 2 atom stereocenters. The number of benzene rings is 3. The van der Waals surface area contributed by atoms with Crippen molar-refractivity contribution >= 4 is 23.5 Å². The van der Waals surface area contributed by atoms with E-state index in [0.29, 0.717) is 11.4 Å². The summed E-state index contributed by atoms with van der Waals surface area (Å²) in [6.45, 7) is 1.95. The Labute approximate surface area is 207 Å². The van der Waals surface area contributed by atoms with E-state index in [4.69, 9.17) is 9.15 Å². The Bertz CT molecular complexity index is 1510. The molecule has 36 heavy (non-hydrogen) atoms. The summed E-state index contributed by atoms with van der Waals surface area (Å²) in [7, 11) is 0. The highest BCUT2D eigenvalue weighted by molar-refractivity contribution is 6.25.